The number of benzene rings is 1. The van der Waals surface area contributed by atoms with Crippen LogP contribution in [0.15, 0.2) is 36.4 Å². The molecule has 2 aliphatic heterocycles. The molecular weight excluding hydrogens is 576 g/mol. The molecule has 1 saturated carbocycles. The van der Waals surface area contributed by atoms with Crippen LogP contribution in [0.1, 0.15) is 153 Å². The Bertz CT molecular complexity index is 1210. The van der Waals surface area contributed by atoms with Crippen LogP contribution in [-0.4, -0.2) is 68.4 Å². The molecule has 0 spiro atoms. The topological polar surface area (TPSA) is 83.1 Å². The molecular formula is C38H60N4O4. The Morgan fingerprint density at radius 1 is 0.609 bits per heavy atom. The fourth-order valence-electron chi connectivity index (χ4n) is 8.94. The maximum atomic E-state index is 13.4. The van der Waals surface area contributed by atoms with Gasteiger partial charge in [-0.3, -0.25) is 19.3 Å². The van der Waals surface area contributed by atoms with Crippen LogP contribution in [-0.2, 0) is 9.68 Å². The van der Waals surface area contributed by atoms with E-state index in [9.17, 15) is 9.59 Å². The first-order chi connectivity index (χ1) is 21.6. The number of allylic oxidation sites excluding steroid dienone is 1. The van der Waals surface area contributed by atoms with Crippen LogP contribution in [0, 0.1) is 0 Å². The number of nitrogens with one attached hydrogen (secondary N) is 2. The van der Waals surface area contributed by atoms with Gasteiger partial charge >= 0.3 is 0 Å². The Labute approximate surface area is 277 Å². The lowest BCUT2D eigenvalue weighted by Crippen LogP contribution is -2.64. The van der Waals surface area contributed by atoms with Gasteiger partial charge in [0.15, 0.2) is 0 Å². The van der Waals surface area contributed by atoms with Gasteiger partial charge in [-0.2, -0.15) is 10.1 Å². The SMILES string of the molecule is CC1(C)CC(NC(=O)c2ccc(C(=O)NC3CC(C)(C)N(OC4CCCCC4)C(C)(C)C3)cc2)CC(C)(C)N1OC1CC=CCC1. The predicted octanol–water partition coefficient (Wildman–Crippen LogP) is 7.49. The fourth-order valence-corrected chi connectivity index (χ4v) is 8.94. The molecule has 256 valence electrons. The van der Waals surface area contributed by atoms with Crippen molar-refractivity contribution in [2.75, 3.05) is 0 Å². The molecule has 5 rings (SSSR count). The number of hydrogen-bond acceptors (Lipinski definition) is 6. The molecule has 3 fully saturated rings. The summed E-state index contributed by atoms with van der Waals surface area (Å²) in [6.07, 6.45) is 17.2. The predicted molar refractivity (Wildman–Crippen MR) is 183 cm³/mol. The molecule has 8 heteroatoms. The first-order valence-corrected chi connectivity index (χ1v) is 17.9. The van der Waals surface area contributed by atoms with Crippen LogP contribution in [0.4, 0.5) is 0 Å². The van der Waals surface area contributed by atoms with E-state index in [2.05, 4.69) is 88.3 Å². The van der Waals surface area contributed by atoms with Gasteiger partial charge in [-0.05, 0) is 137 Å². The standard InChI is InChI=1S/C38H60N4O4/c1-35(2)23-29(24-36(3,4)41(35)45-31-15-11-9-12-16-31)39-33(43)27-19-21-28(22-20-27)34(44)40-30-25-37(5,6)42(38(7,8)26-30)46-32-17-13-10-14-18-32/h9,11,19-22,29-32H,10,12-18,23-26H2,1-8H3,(H,39,43)(H,40,44). The van der Waals surface area contributed by atoms with E-state index in [1.54, 1.807) is 24.3 Å². The monoisotopic (exact) mass is 636 g/mol. The molecule has 0 bridgehead atoms. The second kappa shape index (κ2) is 13.7. The van der Waals surface area contributed by atoms with E-state index >= 15 is 0 Å². The summed E-state index contributed by atoms with van der Waals surface area (Å²) in [6, 6.07) is 7.12. The largest absolute Gasteiger partial charge is 0.349 e. The number of hydrogen-bond donors (Lipinski definition) is 2. The van der Waals surface area contributed by atoms with Gasteiger partial charge in [0, 0.05) is 45.4 Å². The van der Waals surface area contributed by atoms with Crippen molar-refractivity contribution < 1.29 is 19.3 Å². The van der Waals surface area contributed by atoms with E-state index in [1.165, 1.54) is 19.3 Å². The second-order valence-electron chi connectivity index (χ2n) is 17.0. The maximum absolute atomic E-state index is 13.4. The Kier molecular flexibility index (Phi) is 10.4. The molecule has 0 radical (unpaired) electrons. The van der Waals surface area contributed by atoms with Gasteiger partial charge < -0.3 is 10.6 Å². The number of amides is 2. The number of hydroxylamine groups is 4. The van der Waals surface area contributed by atoms with Gasteiger partial charge in [0.25, 0.3) is 11.8 Å². The minimum Gasteiger partial charge on any atom is -0.349 e. The third-order valence-corrected chi connectivity index (χ3v) is 10.5. The first kappa shape index (κ1) is 35.1. The van der Waals surface area contributed by atoms with Crippen molar-refractivity contribution >= 4 is 11.8 Å². The minimum absolute atomic E-state index is 0.0197. The van der Waals surface area contributed by atoms with E-state index in [0.29, 0.717) is 11.1 Å². The van der Waals surface area contributed by atoms with Crippen molar-refractivity contribution in [2.45, 2.75) is 179 Å². The smallest absolute Gasteiger partial charge is 0.251 e. The van der Waals surface area contributed by atoms with Crippen molar-refractivity contribution in [3.63, 3.8) is 0 Å². The highest BCUT2D eigenvalue weighted by Crippen LogP contribution is 2.41. The van der Waals surface area contributed by atoms with Gasteiger partial charge in [-0.1, -0.05) is 31.4 Å². The van der Waals surface area contributed by atoms with Gasteiger partial charge in [-0.15, -0.1) is 0 Å². The van der Waals surface area contributed by atoms with Gasteiger partial charge in [0.1, 0.15) is 0 Å². The molecule has 8 nitrogen and oxygen atoms in total. The van der Waals surface area contributed by atoms with Crippen LogP contribution in [0.25, 0.3) is 0 Å². The molecule has 4 aliphatic rings. The van der Waals surface area contributed by atoms with Crippen LogP contribution in [0.3, 0.4) is 0 Å². The molecule has 2 N–H and O–H groups in total. The molecule has 46 heavy (non-hydrogen) atoms. The molecule has 1 atom stereocenters. The summed E-state index contributed by atoms with van der Waals surface area (Å²) < 4.78 is 0. The molecule has 2 aliphatic carbocycles. The van der Waals surface area contributed by atoms with Crippen molar-refractivity contribution in [3.8, 4) is 0 Å². The summed E-state index contributed by atoms with van der Waals surface area (Å²) in [5, 5.41) is 11.0. The molecule has 2 amide bonds. The van der Waals surface area contributed by atoms with Crippen molar-refractivity contribution in [2.24, 2.45) is 0 Å². The number of nitrogens with zero attached hydrogens (tertiary/aromatic N) is 2. The molecule has 2 heterocycles. The Hall–Kier alpha value is -2.26. The molecule has 1 aromatic rings. The summed E-state index contributed by atoms with van der Waals surface area (Å²) in [6.45, 7) is 17.7. The third-order valence-electron chi connectivity index (χ3n) is 10.5. The summed E-state index contributed by atoms with van der Waals surface area (Å²) in [5.41, 5.74) is 0.248. The van der Waals surface area contributed by atoms with Crippen molar-refractivity contribution in [1.29, 1.82) is 0 Å². The Morgan fingerprint density at radius 3 is 1.41 bits per heavy atom. The van der Waals surface area contributed by atoms with Crippen LogP contribution in [0.2, 0.25) is 0 Å². The highest BCUT2D eigenvalue weighted by molar-refractivity contribution is 5.98. The average Bonchev–Trinajstić information content (AvgIpc) is 2.97. The van der Waals surface area contributed by atoms with E-state index < -0.39 is 0 Å². The average molecular weight is 637 g/mol. The Balaban J connectivity index is 1.15. The lowest BCUT2D eigenvalue weighted by molar-refractivity contribution is -0.310. The highest BCUT2D eigenvalue weighted by atomic mass is 16.7. The van der Waals surface area contributed by atoms with E-state index in [4.69, 9.17) is 9.68 Å². The summed E-state index contributed by atoms with van der Waals surface area (Å²) in [7, 11) is 0. The molecule has 1 unspecified atom stereocenters. The quantitative estimate of drug-likeness (QED) is 0.288. The first-order valence-electron chi connectivity index (χ1n) is 17.9. The highest BCUT2D eigenvalue weighted by Gasteiger charge is 2.49. The number of carbonyl (C=O) groups is 2. The Morgan fingerprint density at radius 2 is 1.02 bits per heavy atom. The van der Waals surface area contributed by atoms with Crippen molar-refractivity contribution in [3.05, 3.63) is 47.5 Å². The fraction of sp³-hybridized carbons (Fsp3) is 0.737. The summed E-state index contributed by atoms with van der Waals surface area (Å²) in [4.78, 5) is 39.9. The lowest BCUT2D eigenvalue weighted by atomic mass is 9.78. The zero-order chi connectivity index (χ0) is 33.3. The van der Waals surface area contributed by atoms with Crippen LogP contribution in [0.5, 0.6) is 0 Å². The zero-order valence-corrected chi connectivity index (χ0v) is 29.8. The number of piperidine rings is 2. The second-order valence-corrected chi connectivity index (χ2v) is 17.0. The summed E-state index contributed by atoms with van der Waals surface area (Å²) >= 11 is 0. The van der Waals surface area contributed by atoms with Gasteiger partial charge in [-0.25, -0.2) is 0 Å². The van der Waals surface area contributed by atoms with Gasteiger partial charge in [0.05, 0.1) is 12.2 Å². The number of carbonyl (C=O) groups excluding carboxylic acids is 2. The molecule has 1 aromatic carbocycles. The van der Waals surface area contributed by atoms with Crippen LogP contribution >= 0.6 is 0 Å². The maximum Gasteiger partial charge on any atom is 0.251 e. The van der Waals surface area contributed by atoms with Gasteiger partial charge in [0.2, 0.25) is 0 Å². The molecule has 0 aromatic heterocycles. The van der Waals surface area contributed by atoms with E-state index in [0.717, 1.165) is 57.8 Å². The van der Waals surface area contributed by atoms with Crippen molar-refractivity contribution in [1.82, 2.24) is 20.8 Å². The minimum atomic E-state index is -0.232. The normalized spacial score (nSPS) is 27.3. The lowest BCUT2D eigenvalue weighted by Gasteiger charge is -2.55. The third kappa shape index (κ3) is 8.23. The molecule has 2 saturated heterocycles. The zero-order valence-electron chi connectivity index (χ0n) is 29.8. The van der Waals surface area contributed by atoms with E-state index in [-0.39, 0.29) is 58.3 Å². The van der Waals surface area contributed by atoms with Crippen LogP contribution < -0.4 is 10.6 Å². The summed E-state index contributed by atoms with van der Waals surface area (Å²) in [5.74, 6) is -0.210. The van der Waals surface area contributed by atoms with E-state index in [1.807, 2.05) is 0 Å². The number of rotatable bonds is 8.